The number of hydrogen-bond acceptors (Lipinski definition) is 4. The molecule has 0 saturated carbocycles. The summed E-state index contributed by atoms with van der Waals surface area (Å²) < 4.78 is 11.9. The van der Waals surface area contributed by atoms with E-state index in [4.69, 9.17) is 9.47 Å². The maximum atomic E-state index is 5.65. The van der Waals surface area contributed by atoms with Gasteiger partial charge in [-0.15, -0.1) is 11.3 Å². The van der Waals surface area contributed by atoms with Crippen LogP contribution in [0.4, 0.5) is 0 Å². The summed E-state index contributed by atoms with van der Waals surface area (Å²) in [5.74, 6) is 0.917. The summed E-state index contributed by atoms with van der Waals surface area (Å²) in [5.41, 5.74) is 2.84. The Hall–Kier alpha value is -1.13. The number of hydrogen-bond donors (Lipinski definition) is 0. The first-order valence-corrected chi connectivity index (χ1v) is 5.38. The van der Waals surface area contributed by atoms with Crippen molar-refractivity contribution in [1.29, 1.82) is 0 Å². The van der Waals surface area contributed by atoms with Crippen LogP contribution >= 0.6 is 11.3 Å². The van der Waals surface area contributed by atoms with Crippen LogP contribution in [-0.2, 0) is 4.74 Å². The van der Waals surface area contributed by atoms with Gasteiger partial charge in [-0.2, -0.15) is 0 Å². The zero-order chi connectivity index (χ0) is 9.38. The van der Waals surface area contributed by atoms with Crippen molar-refractivity contribution >= 4 is 21.6 Å². The second-order valence-electron chi connectivity index (χ2n) is 3.22. The fraction of sp³-hybridized carbons (Fsp3) is 0.300. The molecule has 1 saturated heterocycles. The molecule has 1 aromatic heterocycles. The quantitative estimate of drug-likeness (QED) is 0.723. The molecular formula is C10H9NO2S. The average molecular weight is 207 g/mol. The van der Waals surface area contributed by atoms with Crippen molar-refractivity contribution in [2.45, 2.75) is 6.10 Å². The molecule has 72 valence electrons. The molecule has 2 heterocycles. The minimum atomic E-state index is 0.304. The first kappa shape index (κ1) is 8.20. The maximum Gasteiger partial charge on any atom is 0.138 e. The first-order chi connectivity index (χ1) is 6.93. The lowest BCUT2D eigenvalue weighted by molar-refractivity contribution is 0.265. The van der Waals surface area contributed by atoms with Crippen molar-refractivity contribution in [3.05, 3.63) is 23.7 Å². The van der Waals surface area contributed by atoms with Gasteiger partial charge in [-0.3, -0.25) is 0 Å². The predicted molar refractivity (Wildman–Crippen MR) is 54.9 cm³/mol. The van der Waals surface area contributed by atoms with Crippen molar-refractivity contribution in [2.75, 3.05) is 13.2 Å². The Balaban J connectivity index is 1.89. The Kier molecular flexibility index (Phi) is 1.89. The molecule has 1 atom stereocenters. The summed E-state index contributed by atoms with van der Waals surface area (Å²) in [6, 6.07) is 5.93. The van der Waals surface area contributed by atoms with Crippen molar-refractivity contribution in [3.63, 3.8) is 0 Å². The van der Waals surface area contributed by atoms with Crippen LogP contribution in [-0.4, -0.2) is 24.3 Å². The maximum absolute atomic E-state index is 5.65. The van der Waals surface area contributed by atoms with Crippen LogP contribution in [0.5, 0.6) is 5.75 Å². The van der Waals surface area contributed by atoms with Gasteiger partial charge in [-0.05, 0) is 12.1 Å². The summed E-state index contributed by atoms with van der Waals surface area (Å²) in [7, 11) is 0. The van der Waals surface area contributed by atoms with Crippen LogP contribution in [0.15, 0.2) is 23.7 Å². The number of nitrogens with zero attached hydrogens (tertiary/aromatic N) is 1. The molecule has 0 spiro atoms. The molecular weight excluding hydrogens is 198 g/mol. The Morgan fingerprint density at radius 1 is 1.57 bits per heavy atom. The van der Waals surface area contributed by atoms with Gasteiger partial charge in [0.1, 0.15) is 18.5 Å². The van der Waals surface area contributed by atoms with Gasteiger partial charge in [0.25, 0.3) is 0 Å². The largest absolute Gasteiger partial charge is 0.489 e. The van der Waals surface area contributed by atoms with Crippen LogP contribution in [0.3, 0.4) is 0 Å². The number of fused-ring (bicyclic) bond motifs is 1. The smallest absolute Gasteiger partial charge is 0.138 e. The Morgan fingerprint density at radius 2 is 2.50 bits per heavy atom. The van der Waals surface area contributed by atoms with Gasteiger partial charge in [-0.25, -0.2) is 4.98 Å². The van der Waals surface area contributed by atoms with E-state index in [2.05, 4.69) is 4.98 Å². The van der Waals surface area contributed by atoms with Crippen LogP contribution in [0.1, 0.15) is 0 Å². The minimum absolute atomic E-state index is 0.304. The van der Waals surface area contributed by atoms with Crippen LogP contribution in [0, 0.1) is 0 Å². The fourth-order valence-electron chi connectivity index (χ4n) is 1.32. The molecule has 0 bridgehead atoms. The zero-order valence-corrected chi connectivity index (χ0v) is 8.29. The van der Waals surface area contributed by atoms with E-state index in [-0.39, 0.29) is 0 Å². The lowest BCUT2D eigenvalue weighted by atomic mass is 10.3. The molecule has 2 aromatic rings. The third-order valence-electron chi connectivity index (χ3n) is 2.15. The topological polar surface area (TPSA) is 34.6 Å². The van der Waals surface area contributed by atoms with E-state index < -0.39 is 0 Å². The molecule has 0 aliphatic carbocycles. The lowest BCUT2D eigenvalue weighted by Crippen LogP contribution is -2.03. The Labute approximate surface area is 85.3 Å². The summed E-state index contributed by atoms with van der Waals surface area (Å²) in [6.45, 7) is 1.48. The SMILES string of the molecule is c1cc(OC[C@H]2CO2)c2scnc2c1. The molecule has 4 heteroatoms. The number of aromatic nitrogens is 1. The number of rotatable bonds is 3. The van der Waals surface area contributed by atoms with Gasteiger partial charge in [-0.1, -0.05) is 6.07 Å². The molecule has 3 rings (SSSR count). The molecule has 0 unspecified atom stereocenters. The molecule has 0 radical (unpaired) electrons. The van der Waals surface area contributed by atoms with Crippen LogP contribution in [0.25, 0.3) is 10.2 Å². The van der Waals surface area contributed by atoms with Gasteiger partial charge in [0.05, 0.1) is 22.3 Å². The van der Waals surface area contributed by atoms with Crippen LogP contribution < -0.4 is 4.74 Å². The number of epoxide rings is 1. The van der Waals surface area contributed by atoms with Crippen molar-refractivity contribution in [1.82, 2.24) is 4.98 Å². The Morgan fingerprint density at radius 3 is 3.36 bits per heavy atom. The van der Waals surface area contributed by atoms with E-state index in [1.165, 1.54) is 0 Å². The number of benzene rings is 1. The average Bonchev–Trinajstić information content (AvgIpc) is 2.91. The highest BCUT2D eigenvalue weighted by atomic mass is 32.1. The second kappa shape index (κ2) is 3.22. The van der Waals surface area contributed by atoms with Crippen molar-refractivity contribution < 1.29 is 9.47 Å². The van der Waals surface area contributed by atoms with E-state index in [1.54, 1.807) is 11.3 Å². The summed E-state index contributed by atoms with van der Waals surface area (Å²) in [5, 5.41) is 0. The molecule has 3 nitrogen and oxygen atoms in total. The minimum Gasteiger partial charge on any atom is -0.489 e. The lowest BCUT2D eigenvalue weighted by Gasteiger charge is -2.03. The molecule has 1 aliphatic rings. The van der Waals surface area contributed by atoms with Gasteiger partial charge in [0.15, 0.2) is 0 Å². The van der Waals surface area contributed by atoms with Crippen LogP contribution in [0.2, 0.25) is 0 Å². The summed E-state index contributed by atoms with van der Waals surface area (Å²) in [4.78, 5) is 4.23. The van der Waals surface area contributed by atoms with E-state index in [0.717, 1.165) is 22.6 Å². The van der Waals surface area contributed by atoms with E-state index in [0.29, 0.717) is 12.7 Å². The summed E-state index contributed by atoms with van der Waals surface area (Å²) in [6.07, 6.45) is 0.304. The number of ether oxygens (including phenoxy) is 2. The molecule has 1 aromatic carbocycles. The first-order valence-electron chi connectivity index (χ1n) is 4.50. The number of thiazole rings is 1. The van der Waals surface area contributed by atoms with Gasteiger partial charge in [0, 0.05) is 0 Å². The van der Waals surface area contributed by atoms with E-state index in [9.17, 15) is 0 Å². The van der Waals surface area contributed by atoms with Crippen molar-refractivity contribution in [2.24, 2.45) is 0 Å². The zero-order valence-electron chi connectivity index (χ0n) is 7.47. The standard InChI is InChI=1S/C10H9NO2S/c1-2-8-10(14-6-11-8)9(3-1)13-5-7-4-12-7/h1-3,6-7H,4-5H2/t7-/m1/s1. The molecule has 14 heavy (non-hydrogen) atoms. The van der Waals surface area contributed by atoms with Gasteiger partial charge in [0.2, 0.25) is 0 Å². The van der Waals surface area contributed by atoms with E-state index >= 15 is 0 Å². The highest BCUT2D eigenvalue weighted by Gasteiger charge is 2.23. The third kappa shape index (κ3) is 1.47. The normalized spacial score (nSPS) is 19.9. The summed E-state index contributed by atoms with van der Waals surface area (Å²) >= 11 is 1.61. The highest BCUT2D eigenvalue weighted by molar-refractivity contribution is 7.17. The highest BCUT2D eigenvalue weighted by Crippen LogP contribution is 2.29. The molecule has 0 amide bonds. The second-order valence-corrected chi connectivity index (χ2v) is 4.08. The van der Waals surface area contributed by atoms with Gasteiger partial charge >= 0.3 is 0 Å². The predicted octanol–water partition coefficient (Wildman–Crippen LogP) is 2.07. The molecule has 1 fully saturated rings. The van der Waals surface area contributed by atoms with Crippen molar-refractivity contribution in [3.8, 4) is 5.75 Å². The fourth-order valence-corrected chi connectivity index (χ4v) is 2.08. The van der Waals surface area contributed by atoms with E-state index in [1.807, 2.05) is 23.7 Å². The third-order valence-corrected chi connectivity index (χ3v) is 3.00. The monoisotopic (exact) mass is 207 g/mol. The van der Waals surface area contributed by atoms with Gasteiger partial charge < -0.3 is 9.47 Å². The molecule has 1 aliphatic heterocycles. The Bertz CT molecular complexity index is 450. The molecule has 0 N–H and O–H groups in total.